The van der Waals surface area contributed by atoms with Crippen LogP contribution in [-0.4, -0.2) is 94.6 Å². The maximum absolute atomic E-state index is 14.7. The summed E-state index contributed by atoms with van der Waals surface area (Å²) < 4.78 is 47.0. The molecule has 0 spiro atoms. The number of halogens is 3. The standard InChI is InChI=1S/C27H38BF3N4O5/c1-25(2,34-10-9-20(30)13-34)15-26(3,16-32)23(36)35-14-21(31)12-27(35,4)17-40-24(37)33-22(28(38)39)11-18-5-7-19(29)8-6-18/h5-8,20-22,38-39H,9-15,17H2,1-4H3,(H,33,37)/t20-,21-,22-,26?,27+/m0/s1. The third-order valence-electron chi connectivity index (χ3n) is 7.98. The van der Waals surface area contributed by atoms with Crippen molar-refractivity contribution in [3.63, 3.8) is 0 Å². The van der Waals surface area contributed by atoms with Crippen molar-refractivity contribution in [2.24, 2.45) is 5.41 Å². The molecule has 1 aromatic rings. The zero-order valence-corrected chi connectivity index (χ0v) is 23.4. The van der Waals surface area contributed by atoms with Crippen molar-refractivity contribution in [1.29, 1.82) is 5.26 Å². The minimum atomic E-state index is -1.95. The van der Waals surface area contributed by atoms with Crippen molar-refractivity contribution in [2.75, 3.05) is 26.2 Å². The molecule has 1 aromatic carbocycles. The van der Waals surface area contributed by atoms with Crippen LogP contribution < -0.4 is 5.32 Å². The van der Waals surface area contributed by atoms with Crippen LogP contribution >= 0.6 is 0 Å². The van der Waals surface area contributed by atoms with Gasteiger partial charge in [0.05, 0.1) is 24.1 Å². The highest BCUT2D eigenvalue weighted by Crippen LogP contribution is 2.40. The summed E-state index contributed by atoms with van der Waals surface area (Å²) in [6, 6.07) is 7.38. The van der Waals surface area contributed by atoms with Crippen LogP contribution in [0.25, 0.3) is 0 Å². The Morgan fingerprint density at radius 3 is 2.42 bits per heavy atom. The molecule has 1 unspecified atom stereocenters. The fourth-order valence-corrected chi connectivity index (χ4v) is 5.76. The predicted octanol–water partition coefficient (Wildman–Crippen LogP) is 2.55. The Kier molecular flexibility index (Phi) is 9.80. The summed E-state index contributed by atoms with van der Waals surface area (Å²) in [5.41, 5.74) is -2.95. The van der Waals surface area contributed by atoms with Gasteiger partial charge in [0, 0.05) is 25.0 Å². The molecule has 3 N–H and O–H groups in total. The van der Waals surface area contributed by atoms with E-state index in [2.05, 4.69) is 11.4 Å². The van der Waals surface area contributed by atoms with Crippen molar-refractivity contribution in [3.05, 3.63) is 35.6 Å². The molecule has 2 amide bonds. The van der Waals surface area contributed by atoms with Gasteiger partial charge in [-0.3, -0.25) is 9.69 Å². The minimum Gasteiger partial charge on any atom is -0.447 e. The van der Waals surface area contributed by atoms with E-state index in [0.717, 1.165) is 0 Å². The monoisotopic (exact) mass is 566 g/mol. The first-order valence-electron chi connectivity index (χ1n) is 13.4. The van der Waals surface area contributed by atoms with Crippen LogP contribution in [-0.2, 0) is 16.0 Å². The highest BCUT2D eigenvalue weighted by atomic mass is 19.1. The van der Waals surface area contributed by atoms with E-state index in [-0.39, 0.29) is 32.4 Å². The van der Waals surface area contributed by atoms with Crippen LogP contribution in [0.1, 0.15) is 52.5 Å². The summed E-state index contributed by atoms with van der Waals surface area (Å²) >= 11 is 0. The van der Waals surface area contributed by atoms with Gasteiger partial charge >= 0.3 is 13.2 Å². The van der Waals surface area contributed by atoms with Crippen molar-refractivity contribution in [3.8, 4) is 6.07 Å². The molecular weight excluding hydrogens is 528 g/mol. The Balaban J connectivity index is 1.68. The van der Waals surface area contributed by atoms with Gasteiger partial charge in [0.15, 0.2) is 0 Å². The predicted molar refractivity (Wildman–Crippen MR) is 142 cm³/mol. The Morgan fingerprint density at radius 2 is 1.88 bits per heavy atom. The van der Waals surface area contributed by atoms with Gasteiger partial charge in [-0.1, -0.05) is 12.1 Å². The average molecular weight is 566 g/mol. The lowest BCUT2D eigenvalue weighted by molar-refractivity contribution is -0.145. The third-order valence-corrected chi connectivity index (χ3v) is 7.98. The van der Waals surface area contributed by atoms with Crippen LogP contribution in [0.2, 0.25) is 0 Å². The molecule has 0 aromatic heterocycles. The second kappa shape index (κ2) is 12.4. The van der Waals surface area contributed by atoms with Crippen molar-refractivity contribution >= 4 is 19.1 Å². The molecule has 2 heterocycles. The van der Waals surface area contributed by atoms with E-state index in [1.54, 1.807) is 6.92 Å². The van der Waals surface area contributed by atoms with E-state index in [0.29, 0.717) is 18.5 Å². The Bertz CT molecular complexity index is 1100. The van der Waals surface area contributed by atoms with E-state index in [1.807, 2.05) is 18.7 Å². The second-order valence-electron chi connectivity index (χ2n) is 12.1. The number of benzene rings is 1. The summed E-state index contributed by atoms with van der Waals surface area (Å²) in [6.45, 7) is 6.78. The Hall–Kier alpha value is -2.82. The first-order chi connectivity index (χ1) is 18.6. The fourth-order valence-electron chi connectivity index (χ4n) is 5.76. The third kappa shape index (κ3) is 7.47. The maximum atomic E-state index is 14.7. The average Bonchev–Trinajstić information content (AvgIpc) is 3.45. The summed E-state index contributed by atoms with van der Waals surface area (Å²) in [4.78, 5) is 29.5. The molecule has 5 atom stereocenters. The van der Waals surface area contributed by atoms with E-state index in [4.69, 9.17) is 4.74 Å². The number of hydrogen-bond acceptors (Lipinski definition) is 7. The van der Waals surface area contributed by atoms with Crippen LogP contribution in [0, 0.1) is 22.6 Å². The minimum absolute atomic E-state index is 0.0298. The zero-order valence-electron chi connectivity index (χ0n) is 23.4. The van der Waals surface area contributed by atoms with Gasteiger partial charge in [-0.05, 0) is 64.7 Å². The van der Waals surface area contributed by atoms with Crippen LogP contribution in [0.5, 0.6) is 0 Å². The van der Waals surface area contributed by atoms with E-state index in [9.17, 15) is 38.1 Å². The number of nitriles is 1. The van der Waals surface area contributed by atoms with Gasteiger partial charge in [0.1, 0.15) is 30.2 Å². The van der Waals surface area contributed by atoms with Gasteiger partial charge in [-0.15, -0.1) is 0 Å². The van der Waals surface area contributed by atoms with Gasteiger partial charge in [-0.2, -0.15) is 5.26 Å². The second-order valence-corrected chi connectivity index (χ2v) is 12.1. The Labute approximate surface area is 233 Å². The highest BCUT2D eigenvalue weighted by Gasteiger charge is 2.52. The summed E-state index contributed by atoms with van der Waals surface area (Å²) in [5.74, 6) is -2.25. The molecule has 2 aliphatic rings. The molecule has 9 nitrogen and oxygen atoms in total. The fraction of sp³-hybridized carbons (Fsp3) is 0.667. The number of carbonyl (C=O) groups is 2. The number of nitrogens with one attached hydrogen (secondary N) is 1. The van der Waals surface area contributed by atoms with Crippen molar-refractivity contribution < 1.29 is 37.5 Å². The highest BCUT2D eigenvalue weighted by molar-refractivity contribution is 6.43. The van der Waals surface area contributed by atoms with Crippen LogP contribution in [0.3, 0.4) is 0 Å². The molecule has 0 bridgehead atoms. The molecule has 220 valence electrons. The molecule has 2 saturated heterocycles. The molecular formula is C27H38BF3N4O5. The molecule has 0 aliphatic carbocycles. The van der Waals surface area contributed by atoms with E-state index >= 15 is 0 Å². The molecule has 0 saturated carbocycles. The first kappa shape index (κ1) is 31.7. The SMILES string of the molecule is CC(C#N)(CC(C)(C)N1CC[C@H](F)C1)C(=O)N1C[C@@H](F)C[C@]1(C)COC(=O)N[C@@H](Cc1ccc(F)cc1)B(O)O. The van der Waals surface area contributed by atoms with Gasteiger partial charge < -0.3 is 25.0 Å². The lowest BCUT2D eigenvalue weighted by atomic mass is 9.76. The van der Waals surface area contributed by atoms with Crippen LogP contribution in [0.15, 0.2) is 24.3 Å². The van der Waals surface area contributed by atoms with E-state index < -0.39 is 66.3 Å². The molecule has 13 heteroatoms. The van der Waals surface area contributed by atoms with E-state index in [1.165, 1.54) is 36.1 Å². The Morgan fingerprint density at radius 1 is 1.23 bits per heavy atom. The molecule has 0 radical (unpaired) electrons. The number of ether oxygens (including phenoxy) is 1. The summed E-state index contributed by atoms with van der Waals surface area (Å²) in [5, 5.41) is 31.8. The molecule has 3 rings (SSSR count). The maximum Gasteiger partial charge on any atom is 0.475 e. The zero-order chi connectivity index (χ0) is 29.9. The normalized spacial score (nSPS) is 25.6. The molecule has 2 fully saturated rings. The number of amides is 2. The number of likely N-dealkylation sites (tertiary alicyclic amines) is 2. The number of alkyl carbamates (subject to hydrolysis) is 1. The summed E-state index contributed by atoms with van der Waals surface area (Å²) in [6.07, 6.45) is -3.09. The quantitative estimate of drug-likeness (QED) is 0.372. The number of carbonyl (C=O) groups excluding carboxylic acids is 2. The van der Waals surface area contributed by atoms with Crippen molar-refractivity contribution in [2.45, 2.75) is 82.7 Å². The number of hydrogen-bond donors (Lipinski definition) is 3. The molecule has 40 heavy (non-hydrogen) atoms. The van der Waals surface area contributed by atoms with Crippen molar-refractivity contribution in [1.82, 2.24) is 15.1 Å². The molecule has 2 aliphatic heterocycles. The van der Waals surface area contributed by atoms with Gasteiger partial charge in [-0.25, -0.2) is 18.0 Å². The largest absolute Gasteiger partial charge is 0.475 e. The summed E-state index contributed by atoms with van der Waals surface area (Å²) in [7, 11) is -1.95. The van der Waals surface area contributed by atoms with Gasteiger partial charge in [0.2, 0.25) is 5.91 Å². The number of alkyl halides is 2. The number of nitrogens with zero attached hydrogens (tertiary/aromatic N) is 3. The van der Waals surface area contributed by atoms with Gasteiger partial charge in [0.25, 0.3) is 0 Å². The van der Waals surface area contributed by atoms with Crippen LogP contribution in [0.4, 0.5) is 18.0 Å². The lowest BCUT2D eigenvalue weighted by Crippen LogP contribution is -2.56. The first-order valence-corrected chi connectivity index (χ1v) is 13.4. The topological polar surface area (TPSA) is 126 Å². The smallest absolute Gasteiger partial charge is 0.447 e. The number of rotatable bonds is 10. The lowest BCUT2D eigenvalue weighted by Gasteiger charge is -2.43.